The number of benzene rings is 1. The van der Waals surface area contributed by atoms with Gasteiger partial charge in [0, 0.05) is 41.6 Å². The minimum absolute atomic E-state index is 0.0221. The summed E-state index contributed by atoms with van der Waals surface area (Å²) < 4.78 is 0.930. The zero-order valence-corrected chi connectivity index (χ0v) is 12.5. The first-order chi connectivity index (χ1) is 9.56. The fraction of sp³-hybridized carbons (Fsp3) is 0.214. The molecule has 1 aromatic heterocycles. The quantitative estimate of drug-likeness (QED) is 0.669. The van der Waals surface area contributed by atoms with Crippen LogP contribution in [0.2, 0.25) is 0 Å². The molecule has 2 rings (SSSR count). The lowest BCUT2D eigenvalue weighted by molar-refractivity contribution is -0.384. The maximum Gasteiger partial charge on any atom is 0.269 e. The number of pyridine rings is 1. The molecule has 20 heavy (non-hydrogen) atoms. The molecule has 104 valence electrons. The maximum absolute atomic E-state index is 10.8. The largest absolute Gasteiger partial charge is 0.306 e. The maximum atomic E-state index is 10.8. The zero-order valence-electron chi connectivity index (χ0n) is 10.9. The predicted octanol–water partition coefficient (Wildman–Crippen LogP) is 3.60. The highest BCUT2D eigenvalue weighted by atomic mass is 79.9. The van der Waals surface area contributed by atoms with Crippen LogP contribution in [-0.2, 0) is 6.54 Å². The van der Waals surface area contributed by atoms with Gasteiger partial charge in [-0.1, -0.05) is 12.1 Å². The van der Waals surface area contributed by atoms with Gasteiger partial charge in [-0.2, -0.15) is 0 Å². The highest BCUT2D eigenvalue weighted by Gasteiger charge is 2.10. The summed E-state index contributed by atoms with van der Waals surface area (Å²) in [5.74, 6) is 0. The smallest absolute Gasteiger partial charge is 0.269 e. The van der Waals surface area contributed by atoms with Crippen LogP contribution in [0.4, 0.5) is 5.69 Å². The van der Waals surface area contributed by atoms with Crippen LogP contribution in [0.25, 0.3) is 0 Å². The van der Waals surface area contributed by atoms with Crippen molar-refractivity contribution in [1.82, 2.24) is 10.3 Å². The van der Waals surface area contributed by atoms with E-state index >= 15 is 0 Å². The highest BCUT2D eigenvalue weighted by molar-refractivity contribution is 9.10. The summed E-state index contributed by atoms with van der Waals surface area (Å²) in [6.07, 6.45) is 3.52. The summed E-state index contributed by atoms with van der Waals surface area (Å²) in [5, 5.41) is 14.1. The highest BCUT2D eigenvalue weighted by Crippen LogP contribution is 2.19. The van der Waals surface area contributed by atoms with Crippen molar-refractivity contribution in [3.63, 3.8) is 0 Å². The minimum atomic E-state index is -0.381. The summed E-state index contributed by atoms with van der Waals surface area (Å²) >= 11 is 3.37. The van der Waals surface area contributed by atoms with Gasteiger partial charge in [0.2, 0.25) is 0 Å². The molecular formula is C14H14BrN3O2. The van der Waals surface area contributed by atoms with E-state index in [1.807, 2.05) is 19.1 Å². The molecule has 1 N–H and O–H groups in total. The Morgan fingerprint density at radius 1 is 1.40 bits per heavy atom. The normalized spacial score (nSPS) is 12.1. The van der Waals surface area contributed by atoms with Gasteiger partial charge in [0.15, 0.2) is 0 Å². The van der Waals surface area contributed by atoms with Crippen LogP contribution in [-0.4, -0.2) is 9.91 Å². The van der Waals surface area contributed by atoms with E-state index in [0.717, 1.165) is 15.6 Å². The fourth-order valence-electron chi connectivity index (χ4n) is 1.85. The number of rotatable bonds is 5. The number of hydrogen-bond donors (Lipinski definition) is 1. The van der Waals surface area contributed by atoms with Crippen LogP contribution in [0.15, 0.2) is 47.2 Å². The molecule has 0 amide bonds. The average molecular weight is 336 g/mol. The van der Waals surface area contributed by atoms with Gasteiger partial charge in [-0.25, -0.2) is 0 Å². The first kappa shape index (κ1) is 14.6. The summed E-state index contributed by atoms with van der Waals surface area (Å²) in [5.41, 5.74) is 2.05. The van der Waals surface area contributed by atoms with Gasteiger partial charge >= 0.3 is 0 Å². The summed E-state index contributed by atoms with van der Waals surface area (Å²) in [6.45, 7) is 2.63. The number of halogens is 1. The van der Waals surface area contributed by atoms with Gasteiger partial charge in [0.05, 0.1) is 4.92 Å². The molecule has 1 heterocycles. The molecule has 0 aliphatic rings. The van der Waals surface area contributed by atoms with Crippen molar-refractivity contribution in [2.45, 2.75) is 19.5 Å². The molecule has 0 spiro atoms. The van der Waals surface area contributed by atoms with Crippen LogP contribution >= 0.6 is 15.9 Å². The number of nitrogens with zero attached hydrogens (tertiary/aromatic N) is 2. The van der Waals surface area contributed by atoms with E-state index in [2.05, 4.69) is 26.2 Å². The van der Waals surface area contributed by atoms with Crippen LogP contribution < -0.4 is 5.32 Å². The Labute approximate surface area is 125 Å². The number of hydrogen-bond acceptors (Lipinski definition) is 4. The molecule has 5 nitrogen and oxygen atoms in total. The van der Waals surface area contributed by atoms with Crippen LogP contribution in [0.1, 0.15) is 24.1 Å². The monoisotopic (exact) mass is 335 g/mol. The van der Waals surface area contributed by atoms with Gasteiger partial charge in [0.1, 0.15) is 0 Å². The summed E-state index contributed by atoms with van der Waals surface area (Å²) in [4.78, 5) is 14.5. The second-order valence-corrected chi connectivity index (χ2v) is 5.38. The average Bonchev–Trinajstić information content (AvgIpc) is 2.45. The van der Waals surface area contributed by atoms with E-state index in [-0.39, 0.29) is 16.7 Å². The SMILES string of the molecule is CC(NCc1cncc(Br)c1)c1cccc([N+](=O)[O-])c1. The second-order valence-electron chi connectivity index (χ2n) is 4.47. The molecule has 1 unspecified atom stereocenters. The summed E-state index contributed by atoms with van der Waals surface area (Å²) in [6, 6.07) is 8.68. The first-order valence-corrected chi connectivity index (χ1v) is 6.93. The molecule has 0 saturated carbocycles. The number of nitro benzene ring substituents is 1. The molecule has 0 fully saturated rings. The molecule has 2 aromatic rings. The van der Waals surface area contributed by atoms with Crippen molar-refractivity contribution < 1.29 is 4.92 Å². The van der Waals surface area contributed by atoms with E-state index in [4.69, 9.17) is 0 Å². The number of non-ortho nitro benzene ring substituents is 1. The van der Waals surface area contributed by atoms with E-state index < -0.39 is 0 Å². The number of nitrogens with one attached hydrogen (secondary N) is 1. The Morgan fingerprint density at radius 2 is 2.20 bits per heavy atom. The van der Waals surface area contributed by atoms with Crippen molar-refractivity contribution in [2.24, 2.45) is 0 Å². The topological polar surface area (TPSA) is 68.1 Å². The van der Waals surface area contributed by atoms with Gasteiger partial charge in [-0.05, 0) is 40.0 Å². The van der Waals surface area contributed by atoms with Crippen molar-refractivity contribution in [2.75, 3.05) is 0 Å². The third-order valence-electron chi connectivity index (χ3n) is 2.95. The van der Waals surface area contributed by atoms with E-state index in [1.165, 1.54) is 6.07 Å². The Bertz CT molecular complexity index is 619. The predicted molar refractivity (Wildman–Crippen MR) is 80.3 cm³/mol. The van der Waals surface area contributed by atoms with Crippen molar-refractivity contribution in [3.8, 4) is 0 Å². The fourth-order valence-corrected chi connectivity index (χ4v) is 2.26. The molecule has 1 atom stereocenters. The molecule has 0 bridgehead atoms. The molecule has 0 aliphatic heterocycles. The standard InChI is InChI=1S/C14H14BrN3O2/c1-10(12-3-2-4-14(6-12)18(19)20)17-8-11-5-13(15)9-16-7-11/h2-7,9-10,17H,8H2,1H3. The lowest BCUT2D eigenvalue weighted by Crippen LogP contribution is -2.18. The Balaban J connectivity index is 2.03. The second kappa shape index (κ2) is 6.58. The van der Waals surface area contributed by atoms with Gasteiger partial charge in [-0.15, -0.1) is 0 Å². The van der Waals surface area contributed by atoms with E-state index in [9.17, 15) is 10.1 Å². The van der Waals surface area contributed by atoms with Gasteiger partial charge in [0.25, 0.3) is 5.69 Å². The Kier molecular flexibility index (Phi) is 4.81. The molecule has 1 aromatic carbocycles. The Hall–Kier alpha value is -1.79. The third-order valence-corrected chi connectivity index (χ3v) is 3.39. The van der Waals surface area contributed by atoms with Crippen molar-refractivity contribution in [1.29, 1.82) is 0 Å². The third kappa shape index (κ3) is 3.85. The molecule has 0 radical (unpaired) electrons. The lowest BCUT2D eigenvalue weighted by Gasteiger charge is -2.14. The van der Waals surface area contributed by atoms with Crippen molar-refractivity contribution in [3.05, 3.63) is 68.4 Å². The number of nitro groups is 1. The summed E-state index contributed by atoms with van der Waals surface area (Å²) in [7, 11) is 0. The molecule has 0 saturated heterocycles. The van der Waals surface area contributed by atoms with Crippen LogP contribution in [0, 0.1) is 10.1 Å². The molecule has 6 heteroatoms. The Morgan fingerprint density at radius 3 is 2.90 bits per heavy atom. The lowest BCUT2D eigenvalue weighted by atomic mass is 10.1. The molecule has 0 aliphatic carbocycles. The van der Waals surface area contributed by atoms with Crippen LogP contribution in [0.5, 0.6) is 0 Å². The minimum Gasteiger partial charge on any atom is -0.306 e. The zero-order chi connectivity index (χ0) is 14.5. The van der Waals surface area contributed by atoms with Gasteiger partial charge in [-0.3, -0.25) is 15.1 Å². The first-order valence-electron chi connectivity index (χ1n) is 6.13. The number of aromatic nitrogens is 1. The molecular weight excluding hydrogens is 322 g/mol. The van der Waals surface area contributed by atoms with Crippen LogP contribution in [0.3, 0.4) is 0 Å². The van der Waals surface area contributed by atoms with E-state index in [0.29, 0.717) is 6.54 Å². The van der Waals surface area contributed by atoms with Gasteiger partial charge < -0.3 is 5.32 Å². The van der Waals surface area contributed by atoms with Crippen molar-refractivity contribution >= 4 is 21.6 Å². The van der Waals surface area contributed by atoms with E-state index in [1.54, 1.807) is 24.5 Å².